The zero-order valence-corrected chi connectivity index (χ0v) is 20.7. The van der Waals surface area contributed by atoms with E-state index in [4.69, 9.17) is 20.8 Å². The summed E-state index contributed by atoms with van der Waals surface area (Å²) in [5.74, 6) is -3.69. The molecule has 0 radical (unpaired) electrons. The van der Waals surface area contributed by atoms with Gasteiger partial charge in [-0.2, -0.15) is 13.8 Å². The number of aromatic nitrogens is 3. The Morgan fingerprint density at radius 2 is 1.86 bits per heavy atom. The van der Waals surface area contributed by atoms with Crippen LogP contribution >= 0.6 is 22.9 Å². The summed E-state index contributed by atoms with van der Waals surface area (Å²) >= 11 is 7.50. The molecule has 1 aromatic carbocycles. The molecule has 4 aromatic heterocycles. The molecule has 0 bridgehead atoms. The Balaban J connectivity index is 1.52. The van der Waals surface area contributed by atoms with Crippen LogP contribution in [0.3, 0.4) is 0 Å². The molecule has 0 saturated heterocycles. The lowest BCUT2D eigenvalue weighted by molar-refractivity contribution is 0.473. The maximum absolute atomic E-state index is 14.9. The zero-order chi connectivity index (χ0) is 26.2. The summed E-state index contributed by atoms with van der Waals surface area (Å²) in [6, 6.07) is 7.06. The average Bonchev–Trinajstić information content (AvgIpc) is 3.56. The van der Waals surface area contributed by atoms with Crippen LogP contribution < -0.4 is 4.74 Å². The summed E-state index contributed by atoms with van der Waals surface area (Å²) < 4.78 is 78.8. The summed E-state index contributed by atoms with van der Waals surface area (Å²) in [4.78, 5) is 10.7. The molecule has 0 aliphatic rings. The van der Waals surface area contributed by atoms with E-state index in [0.29, 0.717) is 11.1 Å². The van der Waals surface area contributed by atoms with Gasteiger partial charge in [0.15, 0.2) is 15.6 Å². The molecule has 0 N–H and O–H groups in total. The first-order valence-corrected chi connectivity index (χ1v) is 13.3. The maximum Gasteiger partial charge on any atom is 0.224 e. The van der Waals surface area contributed by atoms with Crippen molar-refractivity contribution in [2.24, 2.45) is 0 Å². The molecular formula is C24H13ClF3N3O4S2. The standard InChI is InChI=1S/C24H13ClF3N3O4S2/c25-17-6-22(37(32,33)11-14-10-36-12-30-14)18(26)7-20(17)35-21-8-29-19(5-16(21)13-3-4-34-9-13)15-1-2-23(27)31-24(15)28/h1-10,12H,11H2. The number of hydrogen-bond acceptors (Lipinski definition) is 8. The Morgan fingerprint density at radius 3 is 2.57 bits per heavy atom. The summed E-state index contributed by atoms with van der Waals surface area (Å²) in [6.07, 6.45) is 4.02. The third-order valence-corrected chi connectivity index (χ3v) is 7.74. The molecular weight excluding hydrogens is 551 g/mol. The average molecular weight is 564 g/mol. The van der Waals surface area contributed by atoms with Crippen molar-refractivity contribution in [2.45, 2.75) is 10.6 Å². The lowest BCUT2D eigenvalue weighted by atomic mass is 10.1. The Hall–Kier alpha value is -3.74. The second kappa shape index (κ2) is 9.96. The summed E-state index contributed by atoms with van der Waals surface area (Å²) in [7, 11) is -4.08. The van der Waals surface area contributed by atoms with E-state index in [0.717, 1.165) is 18.2 Å². The molecule has 7 nitrogen and oxygen atoms in total. The second-order valence-corrected chi connectivity index (χ2v) is 10.7. The Bertz CT molecular complexity index is 1700. The number of sulfone groups is 1. The first-order valence-electron chi connectivity index (χ1n) is 10.3. The molecule has 4 heterocycles. The minimum absolute atomic E-state index is 0.0588. The Morgan fingerprint density at radius 1 is 1.03 bits per heavy atom. The van der Waals surface area contributed by atoms with Crippen LogP contribution in [-0.2, 0) is 15.6 Å². The van der Waals surface area contributed by atoms with E-state index in [1.807, 2.05) is 0 Å². The number of pyridine rings is 2. The van der Waals surface area contributed by atoms with E-state index in [2.05, 4.69) is 15.0 Å². The quantitative estimate of drug-likeness (QED) is 0.203. The van der Waals surface area contributed by atoms with Crippen molar-refractivity contribution in [3.8, 4) is 33.9 Å². The van der Waals surface area contributed by atoms with E-state index in [1.165, 1.54) is 47.7 Å². The monoisotopic (exact) mass is 563 g/mol. The minimum atomic E-state index is -4.08. The van der Waals surface area contributed by atoms with E-state index in [-0.39, 0.29) is 33.5 Å². The van der Waals surface area contributed by atoms with Gasteiger partial charge in [0, 0.05) is 22.6 Å². The normalized spacial score (nSPS) is 11.6. The number of halogens is 4. The van der Waals surface area contributed by atoms with Crippen molar-refractivity contribution in [3.63, 3.8) is 0 Å². The van der Waals surface area contributed by atoms with Gasteiger partial charge < -0.3 is 9.15 Å². The van der Waals surface area contributed by atoms with Gasteiger partial charge in [-0.25, -0.2) is 17.8 Å². The molecule has 0 spiro atoms. The predicted octanol–water partition coefficient (Wildman–Crippen LogP) is 6.70. The second-order valence-electron chi connectivity index (χ2n) is 7.60. The van der Waals surface area contributed by atoms with Crippen molar-refractivity contribution < 1.29 is 30.7 Å². The number of ether oxygens (including phenoxy) is 1. The van der Waals surface area contributed by atoms with Gasteiger partial charge in [0.1, 0.15) is 16.5 Å². The van der Waals surface area contributed by atoms with Gasteiger partial charge in [0.2, 0.25) is 11.9 Å². The van der Waals surface area contributed by atoms with Crippen LogP contribution in [-0.4, -0.2) is 23.4 Å². The van der Waals surface area contributed by atoms with Crippen molar-refractivity contribution in [2.75, 3.05) is 0 Å². The van der Waals surface area contributed by atoms with Gasteiger partial charge in [-0.3, -0.25) is 4.98 Å². The lowest BCUT2D eigenvalue weighted by Gasteiger charge is -2.14. The van der Waals surface area contributed by atoms with Crippen LogP contribution in [0.1, 0.15) is 5.69 Å². The molecule has 37 heavy (non-hydrogen) atoms. The van der Waals surface area contributed by atoms with Gasteiger partial charge in [-0.1, -0.05) is 11.6 Å². The number of hydrogen-bond donors (Lipinski definition) is 0. The van der Waals surface area contributed by atoms with Crippen molar-refractivity contribution in [1.82, 2.24) is 15.0 Å². The van der Waals surface area contributed by atoms with Crippen molar-refractivity contribution >= 4 is 32.8 Å². The van der Waals surface area contributed by atoms with E-state index in [1.54, 1.807) is 11.4 Å². The van der Waals surface area contributed by atoms with E-state index in [9.17, 15) is 21.6 Å². The molecule has 0 aliphatic carbocycles. The molecule has 0 saturated carbocycles. The molecule has 0 unspecified atom stereocenters. The molecule has 0 atom stereocenters. The van der Waals surface area contributed by atoms with Crippen LogP contribution in [0.2, 0.25) is 5.02 Å². The molecule has 0 amide bonds. The van der Waals surface area contributed by atoms with Gasteiger partial charge in [0.25, 0.3) is 0 Å². The molecule has 0 fully saturated rings. The molecule has 5 rings (SSSR count). The molecule has 0 aliphatic heterocycles. The number of rotatable bonds is 7. The van der Waals surface area contributed by atoms with Crippen LogP contribution in [0.4, 0.5) is 13.2 Å². The van der Waals surface area contributed by atoms with E-state index < -0.39 is 38.2 Å². The highest BCUT2D eigenvalue weighted by Gasteiger charge is 2.24. The van der Waals surface area contributed by atoms with Crippen LogP contribution in [0.25, 0.3) is 22.4 Å². The largest absolute Gasteiger partial charge is 0.472 e. The third-order valence-electron chi connectivity index (χ3n) is 5.15. The van der Waals surface area contributed by atoms with E-state index >= 15 is 0 Å². The van der Waals surface area contributed by atoms with Crippen molar-refractivity contribution in [1.29, 1.82) is 0 Å². The van der Waals surface area contributed by atoms with Gasteiger partial charge in [0.05, 0.1) is 52.0 Å². The highest BCUT2D eigenvalue weighted by atomic mass is 35.5. The first kappa shape index (κ1) is 24.9. The highest BCUT2D eigenvalue weighted by Crippen LogP contribution is 2.39. The number of thiazole rings is 1. The van der Waals surface area contributed by atoms with Gasteiger partial charge >= 0.3 is 0 Å². The first-order chi connectivity index (χ1) is 17.7. The number of benzene rings is 1. The fourth-order valence-corrected chi connectivity index (χ4v) is 5.73. The maximum atomic E-state index is 14.9. The van der Waals surface area contributed by atoms with Crippen LogP contribution in [0.5, 0.6) is 11.5 Å². The fourth-order valence-electron chi connectivity index (χ4n) is 3.44. The third kappa shape index (κ3) is 5.22. The number of furan rings is 1. The SMILES string of the molecule is O=S(=O)(Cc1cscn1)c1cc(Cl)c(Oc2cnc(-c3ccc(F)nc3F)cc2-c2ccoc2)cc1F. The lowest BCUT2D eigenvalue weighted by Crippen LogP contribution is -2.08. The zero-order valence-electron chi connectivity index (χ0n) is 18.4. The topological polar surface area (TPSA) is 95.2 Å². The molecule has 5 aromatic rings. The molecule has 188 valence electrons. The fraction of sp³-hybridized carbons (Fsp3) is 0.0417. The predicted molar refractivity (Wildman–Crippen MR) is 130 cm³/mol. The minimum Gasteiger partial charge on any atom is -0.472 e. The number of nitrogens with zero attached hydrogens (tertiary/aromatic N) is 3. The summed E-state index contributed by atoms with van der Waals surface area (Å²) in [5.41, 5.74) is 2.69. The Kier molecular flexibility index (Phi) is 6.71. The van der Waals surface area contributed by atoms with Crippen LogP contribution in [0.15, 0.2) is 75.3 Å². The van der Waals surface area contributed by atoms with Gasteiger partial charge in [-0.05, 0) is 30.3 Å². The van der Waals surface area contributed by atoms with Crippen LogP contribution in [0, 0.1) is 17.7 Å². The van der Waals surface area contributed by atoms with Crippen molar-refractivity contribution in [3.05, 3.63) is 94.4 Å². The summed E-state index contributed by atoms with van der Waals surface area (Å²) in [6.45, 7) is 0. The summed E-state index contributed by atoms with van der Waals surface area (Å²) in [5, 5.41) is 1.38. The highest BCUT2D eigenvalue weighted by molar-refractivity contribution is 7.90. The smallest absolute Gasteiger partial charge is 0.224 e. The van der Waals surface area contributed by atoms with Gasteiger partial charge in [-0.15, -0.1) is 11.3 Å². The Labute approximate surface area is 217 Å². The molecule has 13 heteroatoms.